The minimum Gasteiger partial charge on any atom is -0.494 e. The van der Waals surface area contributed by atoms with E-state index >= 15 is 0 Å². The molecule has 0 saturated carbocycles. The van der Waals surface area contributed by atoms with Crippen LogP contribution in [0.25, 0.3) is 0 Å². The maximum absolute atomic E-state index is 13.6. The van der Waals surface area contributed by atoms with Gasteiger partial charge in [-0.3, -0.25) is 10.2 Å². The van der Waals surface area contributed by atoms with E-state index < -0.39 is 29.0 Å². The smallest absolute Gasteiger partial charge is 0.416 e. The highest BCUT2D eigenvalue weighted by molar-refractivity contribution is 6.00. The standard InChI is InChI=1S/C24H25F4N3O4/c1-2-8-23(15-35-21(30-23)17-4-6-20(7-5-17)34-10-3-9-32)22(33)31-29-14-16-11-18(24(26,27)28)13-19(25)12-16/h2,4-7,11-13,29,32H,1,3,8-10,14-15H2,(H,31,33)/t23-/m0/s1. The van der Waals surface area contributed by atoms with Crippen LogP contribution in [0.5, 0.6) is 5.75 Å². The van der Waals surface area contributed by atoms with Gasteiger partial charge in [0.2, 0.25) is 5.90 Å². The molecule has 1 aliphatic rings. The summed E-state index contributed by atoms with van der Waals surface area (Å²) in [6.45, 7) is 3.74. The van der Waals surface area contributed by atoms with Crippen molar-refractivity contribution in [2.45, 2.75) is 31.1 Å². The lowest BCUT2D eigenvalue weighted by molar-refractivity contribution is -0.137. The Bertz CT molecular complexity index is 1070. The average molecular weight is 495 g/mol. The number of hydrogen-bond acceptors (Lipinski definition) is 6. The molecule has 1 atom stereocenters. The van der Waals surface area contributed by atoms with Crippen LogP contribution in [0.1, 0.15) is 29.5 Å². The van der Waals surface area contributed by atoms with Crippen LogP contribution in [-0.4, -0.2) is 42.3 Å². The maximum atomic E-state index is 13.6. The number of amides is 1. The predicted octanol–water partition coefficient (Wildman–Crippen LogP) is 3.52. The lowest BCUT2D eigenvalue weighted by Gasteiger charge is -2.21. The van der Waals surface area contributed by atoms with Crippen molar-refractivity contribution in [2.24, 2.45) is 4.99 Å². The van der Waals surface area contributed by atoms with Gasteiger partial charge in [-0.25, -0.2) is 14.8 Å². The van der Waals surface area contributed by atoms with Crippen molar-refractivity contribution in [3.8, 4) is 5.75 Å². The summed E-state index contributed by atoms with van der Waals surface area (Å²) in [6.07, 6.45) is -2.53. The number of nitrogens with zero attached hydrogens (tertiary/aromatic N) is 1. The van der Waals surface area contributed by atoms with E-state index in [1.54, 1.807) is 24.3 Å². The van der Waals surface area contributed by atoms with Crippen LogP contribution >= 0.6 is 0 Å². The van der Waals surface area contributed by atoms with Crippen molar-refractivity contribution >= 4 is 11.8 Å². The Balaban J connectivity index is 1.66. The number of aliphatic hydroxyl groups excluding tert-OH is 1. The molecule has 3 N–H and O–H groups in total. The quantitative estimate of drug-likeness (QED) is 0.192. The Hall–Kier alpha value is -3.44. The molecule has 3 rings (SSSR count). The Morgan fingerprint density at radius 1 is 1.26 bits per heavy atom. The largest absolute Gasteiger partial charge is 0.494 e. The highest BCUT2D eigenvalue weighted by Crippen LogP contribution is 2.30. The molecular weight excluding hydrogens is 470 g/mol. The number of aliphatic imine (C=N–C) groups is 1. The Kier molecular flexibility index (Phi) is 8.47. The fourth-order valence-corrected chi connectivity index (χ4v) is 3.35. The minimum absolute atomic E-state index is 0.00329. The summed E-state index contributed by atoms with van der Waals surface area (Å²) < 4.78 is 63.4. The second-order valence-corrected chi connectivity index (χ2v) is 7.83. The number of aliphatic hydroxyl groups is 1. The third kappa shape index (κ3) is 6.80. The van der Waals surface area contributed by atoms with Gasteiger partial charge in [-0.1, -0.05) is 6.08 Å². The van der Waals surface area contributed by atoms with E-state index in [1.807, 2.05) is 0 Å². The van der Waals surface area contributed by atoms with Gasteiger partial charge in [0.15, 0.2) is 5.54 Å². The summed E-state index contributed by atoms with van der Waals surface area (Å²) in [7, 11) is 0. The zero-order chi connectivity index (χ0) is 25.5. The summed E-state index contributed by atoms with van der Waals surface area (Å²) >= 11 is 0. The van der Waals surface area contributed by atoms with Gasteiger partial charge in [0.25, 0.3) is 5.91 Å². The van der Waals surface area contributed by atoms with E-state index in [4.69, 9.17) is 14.6 Å². The van der Waals surface area contributed by atoms with Crippen molar-refractivity contribution in [3.63, 3.8) is 0 Å². The fraction of sp³-hybridized carbons (Fsp3) is 0.333. The second kappa shape index (κ2) is 11.3. The van der Waals surface area contributed by atoms with Crippen LogP contribution in [0, 0.1) is 5.82 Å². The van der Waals surface area contributed by atoms with Crippen LogP contribution < -0.4 is 15.6 Å². The summed E-state index contributed by atoms with van der Waals surface area (Å²) in [4.78, 5) is 17.4. The first-order valence-electron chi connectivity index (χ1n) is 10.7. The van der Waals surface area contributed by atoms with E-state index in [1.165, 1.54) is 6.08 Å². The Morgan fingerprint density at radius 3 is 2.66 bits per heavy atom. The molecule has 35 heavy (non-hydrogen) atoms. The van der Waals surface area contributed by atoms with E-state index in [2.05, 4.69) is 22.4 Å². The summed E-state index contributed by atoms with van der Waals surface area (Å²) in [5.74, 6) is -0.770. The van der Waals surface area contributed by atoms with Crippen LogP contribution in [0.2, 0.25) is 0 Å². The first kappa shape index (κ1) is 26.2. The number of hydrazine groups is 1. The molecule has 0 aliphatic carbocycles. The van der Waals surface area contributed by atoms with Gasteiger partial charge in [-0.2, -0.15) is 13.2 Å². The molecule has 0 bridgehead atoms. The first-order valence-corrected chi connectivity index (χ1v) is 10.7. The molecular formula is C24H25F4N3O4. The molecule has 2 aromatic carbocycles. The third-order valence-electron chi connectivity index (χ3n) is 5.12. The third-order valence-corrected chi connectivity index (χ3v) is 5.12. The number of halogens is 4. The number of benzene rings is 2. The zero-order valence-corrected chi connectivity index (χ0v) is 18.7. The van der Waals surface area contributed by atoms with Crippen molar-refractivity contribution in [3.05, 3.63) is 77.6 Å². The zero-order valence-electron chi connectivity index (χ0n) is 18.7. The van der Waals surface area contributed by atoms with Crippen molar-refractivity contribution in [1.29, 1.82) is 0 Å². The molecule has 0 radical (unpaired) electrons. The highest BCUT2D eigenvalue weighted by Gasteiger charge is 2.43. The molecule has 7 nitrogen and oxygen atoms in total. The second-order valence-electron chi connectivity index (χ2n) is 7.83. The van der Waals surface area contributed by atoms with Crippen LogP contribution in [0.3, 0.4) is 0 Å². The van der Waals surface area contributed by atoms with E-state index in [9.17, 15) is 22.4 Å². The summed E-state index contributed by atoms with van der Waals surface area (Å²) in [5, 5.41) is 8.82. The molecule has 1 heterocycles. The summed E-state index contributed by atoms with van der Waals surface area (Å²) in [5.41, 5.74) is 3.11. The Labute approximate surface area is 199 Å². The van der Waals surface area contributed by atoms with Gasteiger partial charge < -0.3 is 14.6 Å². The molecule has 11 heteroatoms. The number of carbonyl (C=O) groups excluding carboxylic acids is 1. The molecule has 0 saturated heterocycles. The highest BCUT2D eigenvalue weighted by atomic mass is 19.4. The number of nitrogens with one attached hydrogen (secondary N) is 2. The van der Waals surface area contributed by atoms with E-state index in [0.29, 0.717) is 30.4 Å². The SMILES string of the molecule is C=CC[C@@]1(C(=O)NNCc2cc(F)cc(C(F)(F)F)c2)COC(c2ccc(OCCCO)cc2)=N1. The van der Waals surface area contributed by atoms with E-state index in [-0.39, 0.29) is 37.6 Å². The minimum atomic E-state index is -4.69. The van der Waals surface area contributed by atoms with Crippen LogP contribution in [0.15, 0.2) is 60.1 Å². The van der Waals surface area contributed by atoms with Gasteiger partial charge in [-0.15, -0.1) is 6.58 Å². The van der Waals surface area contributed by atoms with Crippen molar-refractivity contribution in [1.82, 2.24) is 10.9 Å². The van der Waals surface area contributed by atoms with Crippen LogP contribution in [0.4, 0.5) is 17.6 Å². The lowest BCUT2D eigenvalue weighted by Crippen LogP contribution is -2.51. The van der Waals surface area contributed by atoms with Gasteiger partial charge in [0.1, 0.15) is 18.2 Å². The number of carbonyl (C=O) groups is 1. The number of hydrogen-bond donors (Lipinski definition) is 3. The van der Waals surface area contributed by atoms with Gasteiger partial charge in [0.05, 0.1) is 12.2 Å². The molecule has 0 fully saturated rings. The summed E-state index contributed by atoms with van der Waals surface area (Å²) in [6, 6.07) is 9.00. The molecule has 0 aromatic heterocycles. The van der Waals surface area contributed by atoms with Gasteiger partial charge in [-0.05, 0) is 48.0 Å². The fourth-order valence-electron chi connectivity index (χ4n) is 3.35. The first-order chi connectivity index (χ1) is 16.7. The Morgan fingerprint density at radius 2 is 2.00 bits per heavy atom. The van der Waals surface area contributed by atoms with Crippen LogP contribution in [-0.2, 0) is 22.3 Å². The molecule has 2 aromatic rings. The lowest BCUT2D eigenvalue weighted by atomic mass is 9.97. The topological polar surface area (TPSA) is 92.2 Å². The molecule has 1 amide bonds. The number of ether oxygens (including phenoxy) is 2. The number of rotatable bonds is 11. The monoisotopic (exact) mass is 495 g/mol. The van der Waals surface area contributed by atoms with E-state index in [0.717, 1.165) is 12.1 Å². The molecule has 1 aliphatic heterocycles. The average Bonchev–Trinajstić information content (AvgIpc) is 3.24. The maximum Gasteiger partial charge on any atom is 0.416 e. The molecule has 188 valence electrons. The van der Waals surface area contributed by atoms with Gasteiger partial charge >= 0.3 is 6.18 Å². The number of alkyl halides is 3. The van der Waals surface area contributed by atoms with Gasteiger partial charge in [0, 0.05) is 31.6 Å². The predicted molar refractivity (Wildman–Crippen MR) is 120 cm³/mol. The van der Waals surface area contributed by atoms with Crippen molar-refractivity contribution < 1.29 is 36.9 Å². The van der Waals surface area contributed by atoms with Crippen molar-refractivity contribution in [2.75, 3.05) is 19.8 Å². The molecule has 0 spiro atoms. The molecule has 0 unspecified atom stereocenters. The normalized spacial score (nSPS) is 17.5.